The number of nitrogens with two attached hydrogens (primary N) is 1. The summed E-state index contributed by atoms with van der Waals surface area (Å²) in [5, 5.41) is 0. The third-order valence-electron chi connectivity index (χ3n) is 2.34. The van der Waals surface area contributed by atoms with Gasteiger partial charge in [-0.2, -0.15) is 0 Å². The Morgan fingerprint density at radius 2 is 2.06 bits per heavy atom. The Morgan fingerprint density at radius 3 is 2.67 bits per heavy atom. The molecular weight excluding hydrogens is 246 g/mol. The average molecular weight is 267 g/mol. The Bertz CT molecular complexity index is 405. The molecule has 0 saturated heterocycles. The highest BCUT2D eigenvalue weighted by atomic mass is 32.1. The summed E-state index contributed by atoms with van der Waals surface area (Å²) in [5.41, 5.74) is 7.57. The van der Waals surface area contributed by atoms with Crippen LogP contribution >= 0.6 is 12.2 Å². The quantitative estimate of drug-likeness (QED) is 0.609. The summed E-state index contributed by atoms with van der Waals surface area (Å²) in [5.74, 6) is 1.26. The maximum absolute atomic E-state index is 5.67. The highest BCUT2D eigenvalue weighted by Gasteiger charge is 2.06. The second-order valence-corrected chi connectivity index (χ2v) is 5.12. The molecule has 1 aromatic carbocycles. The smallest absolute Gasteiger partial charge is 0.129 e. The first-order valence-electron chi connectivity index (χ1n) is 6.11. The Kier molecular flexibility index (Phi) is 6.09. The number of benzene rings is 1. The molecule has 0 saturated carbocycles. The van der Waals surface area contributed by atoms with Gasteiger partial charge in [0.25, 0.3) is 0 Å². The van der Waals surface area contributed by atoms with Gasteiger partial charge in [0.2, 0.25) is 0 Å². The van der Waals surface area contributed by atoms with Crippen LogP contribution < -0.4 is 10.5 Å². The van der Waals surface area contributed by atoms with Crippen molar-refractivity contribution in [1.82, 2.24) is 0 Å². The first-order valence-corrected chi connectivity index (χ1v) is 6.52. The molecule has 0 atom stereocenters. The molecule has 1 aromatic rings. The molecule has 3 nitrogen and oxygen atoms in total. The number of rotatable bonds is 7. The molecule has 0 unspecified atom stereocenters. The topological polar surface area (TPSA) is 44.5 Å². The molecule has 2 N–H and O–H groups in total. The van der Waals surface area contributed by atoms with E-state index in [0.717, 1.165) is 23.5 Å². The fourth-order valence-electron chi connectivity index (χ4n) is 1.49. The first kappa shape index (κ1) is 14.9. The minimum Gasteiger partial charge on any atom is -0.490 e. The van der Waals surface area contributed by atoms with E-state index in [9.17, 15) is 0 Å². The summed E-state index contributed by atoms with van der Waals surface area (Å²) in [6, 6.07) is 5.81. The third-order valence-corrected chi connectivity index (χ3v) is 2.56. The van der Waals surface area contributed by atoms with Gasteiger partial charge in [0.15, 0.2) is 0 Å². The van der Waals surface area contributed by atoms with Crippen molar-refractivity contribution in [1.29, 1.82) is 0 Å². The van der Waals surface area contributed by atoms with Gasteiger partial charge in [0, 0.05) is 6.61 Å². The fourth-order valence-corrected chi connectivity index (χ4v) is 1.65. The molecule has 100 valence electrons. The molecule has 0 spiro atoms. The Hall–Kier alpha value is -1.13. The number of ether oxygens (including phenoxy) is 2. The molecule has 0 amide bonds. The van der Waals surface area contributed by atoms with Gasteiger partial charge in [0.05, 0.1) is 12.2 Å². The van der Waals surface area contributed by atoms with E-state index < -0.39 is 0 Å². The van der Waals surface area contributed by atoms with Crippen molar-refractivity contribution < 1.29 is 9.47 Å². The average Bonchev–Trinajstić information content (AvgIpc) is 2.29. The van der Waals surface area contributed by atoms with Crippen LogP contribution in [-0.2, 0) is 4.74 Å². The van der Waals surface area contributed by atoms with Crippen LogP contribution in [0, 0.1) is 12.8 Å². The van der Waals surface area contributed by atoms with Gasteiger partial charge in [-0.05, 0) is 25.0 Å². The van der Waals surface area contributed by atoms with Crippen LogP contribution in [0.2, 0.25) is 0 Å². The van der Waals surface area contributed by atoms with Gasteiger partial charge in [-0.3, -0.25) is 0 Å². The van der Waals surface area contributed by atoms with Crippen molar-refractivity contribution in [3.8, 4) is 5.75 Å². The second kappa shape index (κ2) is 7.34. The lowest BCUT2D eigenvalue weighted by Gasteiger charge is -2.12. The summed E-state index contributed by atoms with van der Waals surface area (Å²) in [7, 11) is 0. The van der Waals surface area contributed by atoms with Gasteiger partial charge >= 0.3 is 0 Å². The van der Waals surface area contributed by atoms with Crippen LogP contribution in [0.15, 0.2) is 18.2 Å². The molecule has 0 heterocycles. The minimum absolute atomic E-state index is 0.358. The van der Waals surface area contributed by atoms with Gasteiger partial charge in [-0.25, -0.2) is 0 Å². The van der Waals surface area contributed by atoms with Gasteiger partial charge in [0.1, 0.15) is 17.3 Å². The minimum atomic E-state index is 0.358. The number of hydrogen-bond donors (Lipinski definition) is 1. The van der Waals surface area contributed by atoms with Crippen molar-refractivity contribution in [2.75, 3.05) is 19.8 Å². The molecule has 0 aromatic heterocycles. The zero-order valence-corrected chi connectivity index (χ0v) is 12.0. The zero-order valence-electron chi connectivity index (χ0n) is 11.2. The van der Waals surface area contributed by atoms with E-state index in [1.54, 1.807) is 0 Å². The van der Waals surface area contributed by atoms with E-state index in [2.05, 4.69) is 13.8 Å². The van der Waals surface area contributed by atoms with Crippen LogP contribution in [0.1, 0.15) is 25.0 Å². The highest BCUT2D eigenvalue weighted by molar-refractivity contribution is 7.80. The van der Waals surface area contributed by atoms with E-state index in [4.69, 9.17) is 27.4 Å². The van der Waals surface area contributed by atoms with Gasteiger partial charge in [-0.1, -0.05) is 37.7 Å². The van der Waals surface area contributed by atoms with Crippen molar-refractivity contribution in [2.24, 2.45) is 11.7 Å². The van der Waals surface area contributed by atoms with E-state index in [1.807, 2.05) is 25.1 Å². The third kappa shape index (κ3) is 5.02. The largest absolute Gasteiger partial charge is 0.490 e. The SMILES string of the molecule is Cc1ccc(OCCOCC(C)C)c(C(N)=S)c1. The van der Waals surface area contributed by atoms with Gasteiger partial charge < -0.3 is 15.2 Å². The first-order chi connectivity index (χ1) is 8.50. The van der Waals surface area contributed by atoms with Crippen LogP contribution in [-0.4, -0.2) is 24.8 Å². The van der Waals surface area contributed by atoms with Crippen molar-refractivity contribution >= 4 is 17.2 Å². The molecule has 1 rings (SSSR count). The van der Waals surface area contributed by atoms with Crippen LogP contribution in [0.25, 0.3) is 0 Å². The molecule has 0 aliphatic carbocycles. The van der Waals surface area contributed by atoms with Crippen molar-refractivity contribution in [3.05, 3.63) is 29.3 Å². The van der Waals surface area contributed by atoms with Crippen molar-refractivity contribution in [2.45, 2.75) is 20.8 Å². The Labute approximate surface area is 114 Å². The van der Waals surface area contributed by atoms with E-state index in [-0.39, 0.29) is 0 Å². The lowest BCUT2D eigenvalue weighted by molar-refractivity contribution is 0.0818. The zero-order chi connectivity index (χ0) is 13.5. The summed E-state index contributed by atoms with van der Waals surface area (Å²) in [6.45, 7) is 8.06. The normalized spacial score (nSPS) is 10.7. The van der Waals surface area contributed by atoms with E-state index >= 15 is 0 Å². The summed E-state index contributed by atoms with van der Waals surface area (Å²) in [4.78, 5) is 0.358. The molecule has 18 heavy (non-hydrogen) atoms. The lowest BCUT2D eigenvalue weighted by Crippen LogP contribution is -2.15. The molecule has 0 radical (unpaired) electrons. The fraction of sp³-hybridized carbons (Fsp3) is 0.500. The standard InChI is InChI=1S/C14H21NO2S/c1-10(2)9-16-6-7-17-13-5-4-11(3)8-12(13)14(15)18/h4-5,8,10H,6-7,9H2,1-3H3,(H2,15,18). The predicted molar refractivity (Wildman–Crippen MR) is 78.2 cm³/mol. The highest BCUT2D eigenvalue weighted by Crippen LogP contribution is 2.19. The van der Waals surface area contributed by atoms with Gasteiger partial charge in [-0.15, -0.1) is 0 Å². The molecular formula is C14H21NO2S. The molecule has 4 heteroatoms. The molecule has 0 aliphatic heterocycles. The van der Waals surface area contributed by atoms with Crippen LogP contribution in [0.4, 0.5) is 0 Å². The van der Waals surface area contributed by atoms with Crippen LogP contribution in [0.3, 0.4) is 0 Å². The maximum Gasteiger partial charge on any atom is 0.129 e. The lowest BCUT2D eigenvalue weighted by atomic mass is 10.1. The number of thiocarbonyl (C=S) groups is 1. The molecule has 0 bridgehead atoms. The Balaban J connectivity index is 2.49. The predicted octanol–water partition coefficient (Wildman–Crippen LogP) is 2.68. The second-order valence-electron chi connectivity index (χ2n) is 4.68. The molecule has 0 aliphatic rings. The Morgan fingerprint density at radius 1 is 1.33 bits per heavy atom. The number of aryl methyl sites for hydroxylation is 1. The summed E-state index contributed by atoms with van der Waals surface area (Å²) >= 11 is 5.01. The number of hydrogen-bond acceptors (Lipinski definition) is 3. The summed E-state index contributed by atoms with van der Waals surface area (Å²) in [6.07, 6.45) is 0. The molecule has 0 fully saturated rings. The maximum atomic E-state index is 5.67. The van der Waals surface area contributed by atoms with E-state index in [1.165, 1.54) is 0 Å². The van der Waals surface area contributed by atoms with E-state index in [0.29, 0.717) is 24.1 Å². The monoisotopic (exact) mass is 267 g/mol. The van der Waals surface area contributed by atoms with Crippen LogP contribution in [0.5, 0.6) is 5.75 Å². The summed E-state index contributed by atoms with van der Waals surface area (Å²) < 4.78 is 11.1. The van der Waals surface area contributed by atoms with Crippen molar-refractivity contribution in [3.63, 3.8) is 0 Å².